The minimum Gasteiger partial charge on any atom is -0.377 e. The second kappa shape index (κ2) is 7.94. The molecule has 0 unspecified atom stereocenters. The number of nitrogens with one attached hydrogen (secondary N) is 1. The maximum atomic E-state index is 4.77. The molecule has 152 valence electrons. The van der Waals surface area contributed by atoms with Crippen molar-refractivity contribution in [3.63, 3.8) is 0 Å². The van der Waals surface area contributed by atoms with Crippen LogP contribution in [0.2, 0.25) is 0 Å². The first-order chi connectivity index (χ1) is 14.0. The van der Waals surface area contributed by atoms with Gasteiger partial charge >= 0.3 is 0 Å². The van der Waals surface area contributed by atoms with Crippen LogP contribution in [-0.2, 0) is 0 Å². The molecular weight excluding hydrogens is 356 g/mol. The maximum Gasteiger partial charge on any atom is 0.128 e. The predicted molar refractivity (Wildman–Crippen MR) is 123 cm³/mol. The third kappa shape index (κ3) is 3.76. The number of benzene rings is 1. The molecule has 1 saturated heterocycles. The molecule has 1 aliphatic heterocycles. The van der Waals surface area contributed by atoms with Crippen molar-refractivity contribution in [1.29, 1.82) is 0 Å². The zero-order chi connectivity index (χ0) is 20.5. The summed E-state index contributed by atoms with van der Waals surface area (Å²) in [5.74, 6) is 1.60. The molecule has 1 N–H and O–H groups in total. The molecule has 0 amide bonds. The zero-order valence-corrected chi connectivity index (χ0v) is 18.3. The highest BCUT2D eigenvalue weighted by molar-refractivity contribution is 5.94. The van der Waals surface area contributed by atoms with E-state index in [2.05, 4.69) is 80.0 Å². The van der Waals surface area contributed by atoms with E-state index in [0.29, 0.717) is 5.92 Å². The van der Waals surface area contributed by atoms with Gasteiger partial charge in [-0.05, 0) is 54.5 Å². The van der Waals surface area contributed by atoms with Gasteiger partial charge < -0.3 is 14.8 Å². The summed E-state index contributed by atoms with van der Waals surface area (Å²) < 4.78 is 0. The summed E-state index contributed by atoms with van der Waals surface area (Å²) in [5, 5.41) is 1.30. The van der Waals surface area contributed by atoms with Gasteiger partial charge in [0, 0.05) is 61.7 Å². The van der Waals surface area contributed by atoms with Gasteiger partial charge in [-0.15, -0.1) is 0 Å². The molecule has 1 aliphatic rings. The third-order valence-electron chi connectivity index (χ3n) is 6.02. The van der Waals surface area contributed by atoms with Crippen molar-refractivity contribution in [3.8, 4) is 0 Å². The van der Waals surface area contributed by atoms with Crippen LogP contribution in [0, 0.1) is 6.92 Å². The van der Waals surface area contributed by atoms with E-state index in [4.69, 9.17) is 4.98 Å². The Morgan fingerprint density at radius 3 is 2.66 bits per heavy atom. The normalized spacial score (nSPS) is 16.6. The summed E-state index contributed by atoms with van der Waals surface area (Å²) >= 11 is 0. The van der Waals surface area contributed by atoms with Gasteiger partial charge in [0.2, 0.25) is 0 Å². The lowest BCUT2D eigenvalue weighted by Crippen LogP contribution is -2.33. The number of pyridine rings is 1. The number of fused-ring (bicyclic) bond motifs is 1. The molecule has 3 heterocycles. The van der Waals surface area contributed by atoms with Crippen LogP contribution in [0.5, 0.6) is 0 Å². The van der Waals surface area contributed by atoms with Gasteiger partial charge in [0.25, 0.3) is 0 Å². The van der Waals surface area contributed by atoms with Crippen LogP contribution in [0.4, 0.5) is 5.82 Å². The van der Waals surface area contributed by atoms with E-state index < -0.39 is 0 Å². The first kappa shape index (κ1) is 19.6. The quantitative estimate of drug-likeness (QED) is 0.635. The van der Waals surface area contributed by atoms with Crippen molar-refractivity contribution in [2.75, 3.05) is 32.1 Å². The molecule has 2 aromatic heterocycles. The number of aromatic amines is 1. The second-order valence-corrected chi connectivity index (χ2v) is 8.67. The minimum atomic E-state index is 0.513. The van der Waals surface area contributed by atoms with Crippen molar-refractivity contribution in [2.24, 2.45) is 0 Å². The molecule has 4 nitrogen and oxygen atoms in total. The Morgan fingerprint density at radius 1 is 1.14 bits per heavy atom. The Balaban J connectivity index is 1.72. The Bertz CT molecular complexity index is 1020. The van der Waals surface area contributed by atoms with Crippen molar-refractivity contribution in [2.45, 2.75) is 39.5 Å². The number of rotatable bonds is 4. The summed E-state index contributed by atoms with van der Waals surface area (Å²) in [5.41, 5.74) is 7.97. The molecule has 0 radical (unpaired) electrons. The zero-order valence-electron chi connectivity index (χ0n) is 18.3. The van der Waals surface area contributed by atoms with E-state index >= 15 is 0 Å². The number of aromatic nitrogens is 2. The Labute approximate surface area is 174 Å². The van der Waals surface area contributed by atoms with Crippen LogP contribution in [0.25, 0.3) is 16.6 Å². The van der Waals surface area contributed by atoms with Crippen LogP contribution in [0.3, 0.4) is 0 Å². The van der Waals surface area contributed by atoms with Gasteiger partial charge in [0.1, 0.15) is 5.82 Å². The molecule has 3 aromatic rings. The van der Waals surface area contributed by atoms with Gasteiger partial charge in [-0.3, -0.25) is 0 Å². The predicted octanol–water partition coefficient (Wildman–Crippen LogP) is 5.57. The van der Waals surface area contributed by atoms with Crippen molar-refractivity contribution < 1.29 is 0 Å². The van der Waals surface area contributed by atoms with Crippen molar-refractivity contribution in [3.05, 3.63) is 65.0 Å². The summed E-state index contributed by atoms with van der Waals surface area (Å²) in [7, 11) is 4.32. The van der Waals surface area contributed by atoms with E-state index in [1.165, 1.54) is 38.9 Å². The fourth-order valence-corrected chi connectivity index (χ4v) is 4.44. The Morgan fingerprint density at radius 2 is 1.97 bits per heavy atom. The molecule has 0 spiro atoms. The van der Waals surface area contributed by atoms with Gasteiger partial charge in [-0.2, -0.15) is 0 Å². The van der Waals surface area contributed by atoms with Gasteiger partial charge in [0.05, 0.1) is 0 Å². The number of aryl methyl sites for hydroxylation is 1. The van der Waals surface area contributed by atoms with E-state index in [1.54, 1.807) is 0 Å². The van der Waals surface area contributed by atoms with Crippen LogP contribution in [0.1, 0.15) is 49.3 Å². The molecule has 0 atom stereocenters. The lowest BCUT2D eigenvalue weighted by atomic mass is 9.95. The third-order valence-corrected chi connectivity index (χ3v) is 6.02. The fourth-order valence-electron chi connectivity index (χ4n) is 4.44. The van der Waals surface area contributed by atoms with E-state index in [-0.39, 0.29) is 0 Å². The van der Waals surface area contributed by atoms with Crippen LogP contribution >= 0.6 is 0 Å². The summed E-state index contributed by atoms with van der Waals surface area (Å²) in [4.78, 5) is 12.9. The highest BCUT2D eigenvalue weighted by atomic mass is 15.2. The fraction of sp³-hybridized carbons (Fsp3) is 0.400. The summed E-state index contributed by atoms with van der Waals surface area (Å²) in [6, 6.07) is 11.1. The lowest BCUT2D eigenvalue weighted by molar-refractivity contribution is 0.571. The first-order valence-corrected chi connectivity index (χ1v) is 10.6. The summed E-state index contributed by atoms with van der Waals surface area (Å²) in [6.45, 7) is 8.59. The number of anilines is 1. The SMILES string of the molecule is Cc1ccc(/C(=C2/CCCN(c3ccc(C(C)C)cn3)C2)N(C)C)c2cc[nH]c12. The lowest BCUT2D eigenvalue weighted by Gasteiger charge is -2.33. The standard InChI is InChI=1S/C25H32N4/c1-17(2)19-9-11-23(27-15-19)29-14-6-7-20(16-29)25(28(4)5)22-10-8-18(3)24-21(22)12-13-26-24/h8-13,15,17,26H,6-7,14,16H2,1-5H3/b25-20+. The molecule has 0 bridgehead atoms. The Hall–Kier alpha value is -2.75. The molecular formula is C25H32N4. The van der Waals surface area contributed by atoms with Gasteiger partial charge in [0.15, 0.2) is 0 Å². The van der Waals surface area contributed by atoms with Gasteiger partial charge in [-0.1, -0.05) is 32.0 Å². The monoisotopic (exact) mass is 388 g/mol. The van der Waals surface area contributed by atoms with Gasteiger partial charge in [-0.25, -0.2) is 4.98 Å². The second-order valence-electron chi connectivity index (χ2n) is 8.67. The molecule has 4 heteroatoms. The highest BCUT2D eigenvalue weighted by Gasteiger charge is 2.22. The molecule has 4 rings (SSSR count). The van der Waals surface area contributed by atoms with Crippen LogP contribution < -0.4 is 4.90 Å². The summed E-state index contributed by atoms with van der Waals surface area (Å²) in [6.07, 6.45) is 6.37. The number of H-pyrrole nitrogens is 1. The minimum absolute atomic E-state index is 0.513. The highest BCUT2D eigenvalue weighted by Crippen LogP contribution is 2.34. The average Bonchev–Trinajstić information content (AvgIpc) is 3.21. The first-order valence-electron chi connectivity index (χ1n) is 10.6. The number of hydrogen-bond donors (Lipinski definition) is 1. The number of piperidine rings is 1. The molecule has 0 aliphatic carbocycles. The van der Waals surface area contributed by atoms with E-state index in [9.17, 15) is 0 Å². The molecule has 1 aromatic carbocycles. The molecule has 1 fully saturated rings. The molecule has 0 saturated carbocycles. The largest absolute Gasteiger partial charge is 0.377 e. The smallest absolute Gasteiger partial charge is 0.128 e. The van der Waals surface area contributed by atoms with Crippen LogP contribution in [-0.4, -0.2) is 42.1 Å². The average molecular weight is 389 g/mol. The van der Waals surface area contributed by atoms with E-state index in [0.717, 1.165) is 31.7 Å². The molecule has 29 heavy (non-hydrogen) atoms. The van der Waals surface area contributed by atoms with Crippen molar-refractivity contribution in [1.82, 2.24) is 14.9 Å². The van der Waals surface area contributed by atoms with E-state index in [1.807, 2.05) is 12.4 Å². The van der Waals surface area contributed by atoms with Crippen molar-refractivity contribution >= 4 is 22.4 Å². The van der Waals surface area contributed by atoms with Crippen LogP contribution in [0.15, 0.2) is 48.3 Å². The maximum absolute atomic E-state index is 4.77. The Kier molecular flexibility index (Phi) is 5.35. The number of hydrogen-bond acceptors (Lipinski definition) is 3. The topological polar surface area (TPSA) is 35.2 Å². The number of nitrogens with zero attached hydrogens (tertiary/aromatic N) is 3.